The first kappa shape index (κ1) is 23.8. The third kappa shape index (κ3) is 3.57. The second kappa shape index (κ2) is 8.97. The van der Waals surface area contributed by atoms with E-state index < -0.39 is 0 Å². The molecular formula is C39H30N2. The van der Waals surface area contributed by atoms with Crippen molar-refractivity contribution in [3.63, 3.8) is 0 Å². The summed E-state index contributed by atoms with van der Waals surface area (Å²) in [5, 5.41) is 5.09. The number of nitrogens with zero attached hydrogens (tertiary/aromatic N) is 2. The molecule has 2 heterocycles. The fourth-order valence-electron chi connectivity index (χ4n) is 7.03. The van der Waals surface area contributed by atoms with Gasteiger partial charge in [-0.05, 0) is 85.5 Å². The van der Waals surface area contributed by atoms with Gasteiger partial charge in [-0.25, -0.2) is 0 Å². The highest BCUT2D eigenvalue weighted by atomic mass is 15.0. The van der Waals surface area contributed by atoms with Crippen molar-refractivity contribution in [1.82, 2.24) is 9.13 Å². The number of rotatable bonds is 3. The molecule has 2 aromatic heterocycles. The van der Waals surface area contributed by atoms with Crippen LogP contribution in [0.5, 0.6) is 0 Å². The predicted molar refractivity (Wildman–Crippen MR) is 175 cm³/mol. The van der Waals surface area contributed by atoms with Gasteiger partial charge in [-0.2, -0.15) is 0 Å². The quantitative estimate of drug-likeness (QED) is 0.217. The summed E-state index contributed by atoms with van der Waals surface area (Å²) >= 11 is 0. The highest BCUT2D eigenvalue weighted by Crippen LogP contribution is 2.39. The van der Waals surface area contributed by atoms with E-state index in [1.165, 1.54) is 71.4 Å². The van der Waals surface area contributed by atoms with E-state index in [4.69, 9.17) is 0 Å². The van der Waals surface area contributed by atoms with Crippen LogP contribution in [0.4, 0.5) is 0 Å². The first-order chi connectivity index (χ1) is 20.1. The molecule has 6 aromatic carbocycles. The van der Waals surface area contributed by atoms with Gasteiger partial charge in [0, 0.05) is 32.9 Å². The number of hydrogen-bond donors (Lipinski definition) is 0. The Hall–Kier alpha value is -5.08. The zero-order chi connectivity index (χ0) is 27.7. The summed E-state index contributed by atoms with van der Waals surface area (Å²) in [4.78, 5) is 0. The molecule has 0 bridgehead atoms. The second-order valence-corrected chi connectivity index (χ2v) is 11.3. The highest BCUT2D eigenvalue weighted by molar-refractivity contribution is 6.10. The number of aromatic nitrogens is 2. The van der Waals surface area contributed by atoms with Gasteiger partial charge in [0.05, 0.1) is 22.1 Å². The lowest BCUT2D eigenvalue weighted by atomic mass is 9.93. The van der Waals surface area contributed by atoms with Gasteiger partial charge in [0.2, 0.25) is 0 Å². The monoisotopic (exact) mass is 526 g/mol. The van der Waals surface area contributed by atoms with Crippen LogP contribution in [0.1, 0.15) is 16.7 Å². The van der Waals surface area contributed by atoms with E-state index in [0.29, 0.717) is 0 Å². The van der Waals surface area contributed by atoms with E-state index in [0.717, 1.165) is 11.4 Å². The molecule has 0 aliphatic carbocycles. The molecule has 0 N–H and O–H groups in total. The first-order valence-electron chi connectivity index (χ1n) is 14.3. The Morgan fingerprint density at radius 3 is 1.10 bits per heavy atom. The van der Waals surface area contributed by atoms with Gasteiger partial charge >= 0.3 is 0 Å². The fraction of sp³-hybridized carbons (Fsp3) is 0.0769. The minimum absolute atomic E-state index is 1.16. The van der Waals surface area contributed by atoms with Crippen molar-refractivity contribution in [1.29, 1.82) is 0 Å². The topological polar surface area (TPSA) is 9.86 Å². The maximum absolute atomic E-state index is 2.43. The Bertz CT molecular complexity index is 2030. The smallest absolute Gasteiger partial charge is 0.0541 e. The highest BCUT2D eigenvalue weighted by Gasteiger charge is 2.18. The van der Waals surface area contributed by atoms with Crippen LogP contribution in [0.3, 0.4) is 0 Å². The van der Waals surface area contributed by atoms with Crippen LogP contribution in [0, 0.1) is 20.8 Å². The van der Waals surface area contributed by atoms with Gasteiger partial charge in [-0.3, -0.25) is 0 Å². The van der Waals surface area contributed by atoms with Gasteiger partial charge in [0.25, 0.3) is 0 Å². The largest absolute Gasteiger partial charge is 0.309 e. The molecule has 196 valence electrons. The molecule has 0 amide bonds. The molecule has 2 nitrogen and oxygen atoms in total. The van der Waals surface area contributed by atoms with Crippen molar-refractivity contribution in [3.05, 3.63) is 144 Å². The second-order valence-electron chi connectivity index (χ2n) is 11.3. The summed E-state index contributed by atoms with van der Waals surface area (Å²) in [5.41, 5.74) is 13.6. The summed E-state index contributed by atoms with van der Waals surface area (Å²) in [6.45, 7) is 6.66. The summed E-state index contributed by atoms with van der Waals surface area (Å²) in [6.07, 6.45) is 0. The van der Waals surface area contributed by atoms with Crippen LogP contribution in [0.15, 0.2) is 127 Å². The minimum Gasteiger partial charge on any atom is -0.309 e. The molecule has 0 aliphatic heterocycles. The van der Waals surface area contributed by atoms with Gasteiger partial charge in [-0.15, -0.1) is 0 Å². The Morgan fingerprint density at radius 1 is 0.390 bits per heavy atom. The fourth-order valence-corrected chi connectivity index (χ4v) is 7.03. The molecule has 2 heteroatoms. The lowest BCUT2D eigenvalue weighted by Crippen LogP contribution is -2.01. The van der Waals surface area contributed by atoms with Crippen LogP contribution < -0.4 is 0 Å². The van der Waals surface area contributed by atoms with Crippen LogP contribution in [-0.4, -0.2) is 9.13 Å². The molecular weight excluding hydrogens is 496 g/mol. The van der Waals surface area contributed by atoms with Crippen molar-refractivity contribution in [2.75, 3.05) is 0 Å². The van der Waals surface area contributed by atoms with E-state index in [-0.39, 0.29) is 0 Å². The predicted octanol–water partition coefficient (Wildman–Crippen LogP) is 10.5. The standard InChI is InChI=1S/C39H30N2/c1-25-20-26(2)39(27(3)21-25)28-22-29(40-35-16-8-4-12-31(35)32-13-5-9-17-36(32)40)24-30(23-28)41-37-18-10-6-14-33(37)34-15-7-11-19-38(34)41/h4-24H,1-3H3. The van der Waals surface area contributed by atoms with E-state index in [9.17, 15) is 0 Å². The van der Waals surface area contributed by atoms with Gasteiger partial charge in [0.1, 0.15) is 0 Å². The molecule has 41 heavy (non-hydrogen) atoms. The zero-order valence-corrected chi connectivity index (χ0v) is 23.5. The number of aryl methyl sites for hydroxylation is 3. The number of para-hydroxylation sites is 4. The van der Waals surface area contributed by atoms with Crippen molar-refractivity contribution < 1.29 is 0 Å². The average Bonchev–Trinajstić information content (AvgIpc) is 3.50. The molecule has 0 fully saturated rings. The molecule has 0 aliphatic rings. The third-order valence-corrected chi connectivity index (χ3v) is 8.54. The van der Waals surface area contributed by atoms with E-state index in [1.54, 1.807) is 0 Å². The Kier molecular flexibility index (Phi) is 5.20. The SMILES string of the molecule is Cc1cc(C)c(-c2cc(-n3c4ccccc4c4ccccc43)cc(-n3c4ccccc4c4ccccc43)c2)c(C)c1. The number of benzene rings is 6. The Morgan fingerprint density at radius 2 is 0.732 bits per heavy atom. The lowest BCUT2D eigenvalue weighted by molar-refractivity contribution is 1.13. The third-order valence-electron chi connectivity index (χ3n) is 8.54. The maximum Gasteiger partial charge on any atom is 0.0541 e. The van der Waals surface area contributed by atoms with Gasteiger partial charge < -0.3 is 9.13 Å². The van der Waals surface area contributed by atoms with Crippen LogP contribution in [-0.2, 0) is 0 Å². The molecule has 0 saturated heterocycles. The molecule has 0 spiro atoms. The minimum atomic E-state index is 1.16. The summed E-state index contributed by atoms with van der Waals surface area (Å²) in [6, 6.07) is 46.7. The first-order valence-corrected chi connectivity index (χ1v) is 14.3. The molecule has 0 unspecified atom stereocenters. The van der Waals surface area contributed by atoms with Gasteiger partial charge in [0.15, 0.2) is 0 Å². The number of fused-ring (bicyclic) bond motifs is 6. The average molecular weight is 527 g/mol. The normalized spacial score (nSPS) is 11.8. The molecule has 8 rings (SSSR count). The van der Waals surface area contributed by atoms with Crippen molar-refractivity contribution >= 4 is 43.6 Å². The van der Waals surface area contributed by atoms with Crippen molar-refractivity contribution in [2.45, 2.75) is 20.8 Å². The molecule has 0 saturated carbocycles. The van der Waals surface area contributed by atoms with Gasteiger partial charge in [-0.1, -0.05) is 90.5 Å². The summed E-state index contributed by atoms with van der Waals surface area (Å²) in [7, 11) is 0. The van der Waals surface area contributed by atoms with Crippen LogP contribution in [0.2, 0.25) is 0 Å². The molecule has 8 aromatic rings. The van der Waals surface area contributed by atoms with E-state index in [1.807, 2.05) is 0 Å². The summed E-state index contributed by atoms with van der Waals surface area (Å²) < 4.78 is 4.87. The lowest BCUT2D eigenvalue weighted by Gasteiger charge is -2.18. The maximum atomic E-state index is 2.43. The Balaban J connectivity index is 1.53. The van der Waals surface area contributed by atoms with Crippen LogP contribution >= 0.6 is 0 Å². The molecule has 0 radical (unpaired) electrons. The Labute approximate surface area is 239 Å². The van der Waals surface area contributed by atoms with Crippen molar-refractivity contribution in [3.8, 4) is 22.5 Å². The van der Waals surface area contributed by atoms with Crippen LogP contribution in [0.25, 0.3) is 66.1 Å². The zero-order valence-electron chi connectivity index (χ0n) is 23.5. The molecule has 0 atom stereocenters. The van der Waals surface area contributed by atoms with Crippen molar-refractivity contribution in [2.24, 2.45) is 0 Å². The van der Waals surface area contributed by atoms with E-state index in [2.05, 4.69) is 157 Å². The number of hydrogen-bond acceptors (Lipinski definition) is 0. The van der Waals surface area contributed by atoms with E-state index >= 15 is 0 Å². The summed E-state index contributed by atoms with van der Waals surface area (Å²) in [5.74, 6) is 0.